The molecular formula is C12H22O5. The largest absolute Gasteiger partial charge is 0.481 e. The Morgan fingerprint density at radius 2 is 2.24 bits per heavy atom. The molecule has 0 amide bonds. The number of aliphatic hydroxyl groups excluding tert-OH is 1. The Balaban J connectivity index is 0.000000302. The number of hydrogen-bond acceptors (Lipinski definition) is 4. The molecule has 5 heteroatoms. The number of esters is 1. The van der Waals surface area contributed by atoms with E-state index in [2.05, 4.69) is 0 Å². The van der Waals surface area contributed by atoms with E-state index in [9.17, 15) is 9.59 Å². The predicted molar refractivity (Wildman–Crippen MR) is 62.6 cm³/mol. The van der Waals surface area contributed by atoms with Crippen molar-refractivity contribution in [3.63, 3.8) is 0 Å². The van der Waals surface area contributed by atoms with Crippen molar-refractivity contribution in [1.29, 1.82) is 0 Å². The topological polar surface area (TPSA) is 83.8 Å². The van der Waals surface area contributed by atoms with E-state index in [1.807, 2.05) is 6.92 Å². The molecule has 100 valence electrons. The summed E-state index contributed by atoms with van der Waals surface area (Å²) in [5.41, 5.74) is 0. The van der Waals surface area contributed by atoms with Gasteiger partial charge in [0.1, 0.15) is 0 Å². The van der Waals surface area contributed by atoms with Gasteiger partial charge in [-0.2, -0.15) is 0 Å². The van der Waals surface area contributed by atoms with Crippen molar-refractivity contribution in [2.75, 3.05) is 0 Å². The van der Waals surface area contributed by atoms with Crippen LogP contribution in [0, 0.1) is 0 Å². The molecule has 1 fully saturated rings. The van der Waals surface area contributed by atoms with Crippen LogP contribution >= 0.6 is 0 Å². The van der Waals surface area contributed by atoms with Crippen molar-refractivity contribution < 1.29 is 24.5 Å². The Labute approximate surface area is 102 Å². The first-order valence-electron chi connectivity index (χ1n) is 6.01. The number of aliphatic carboxylic acids is 1. The van der Waals surface area contributed by atoms with Crippen LogP contribution in [0.4, 0.5) is 0 Å². The zero-order chi connectivity index (χ0) is 13.3. The Hall–Kier alpha value is -1.10. The third kappa shape index (κ3) is 11.2. The van der Waals surface area contributed by atoms with Crippen molar-refractivity contribution in [2.45, 2.75) is 64.6 Å². The molecule has 0 spiro atoms. The number of hydrogen-bond donors (Lipinski definition) is 2. The van der Waals surface area contributed by atoms with E-state index < -0.39 is 5.97 Å². The monoisotopic (exact) mass is 246 g/mol. The maximum Gasteiger partial charge on any atom is 0.306 e. The van der Waals surface area contributed by atoms with Crippen LogP contribution in [0.15, 0.2) is 0 Å². The van der Waals surface area contributed by atoms with E-state index in [-0.39, 0.29) is 24.6 Å². The summed E-state index contributed by atoms with van der Waals surface area (Å²) >= 11 is 0. The Bertz CT molecular complexity index is 237. The maximum atomic E-state index is 10.5. The number of ether oxygens (including phenoxy) is 1. The molecule has 1 heterocycles. The van der Waals surface area contributed by atoms with Gasteiger partial charge in [0.25, 0.3) is 0 Å². The number of rotatable bonds is 4. The van der Waals surface area contributed by atoms with Gasteiger partial charge in [0.15, 0.2) is 0 Å². The van der Waals surface area contributed by atoms with Crippen molar-refractivity contribution >= 4 is 11.9 Å². The third-order valence-electron chi connectivity index (χ3n) is 2.34. The molecule has 0 aromatic carbocycles. The van der Waals surface area contributed by atoms with Gasteiger partial charge >= 0.3 is 11.9 Å². The number of cyclic esters (lactones) is 1. The Morgan fingerprint density at radius 1 is 1.59 bits per heavy atom. The van der Waals surface area contributed by atoms with Crippen LogP contribution in [0.3, 0.4) is 0 Å². The lowest BCUT2D eigenvalue weighted by atomic mass is 10.1. The fourth-order valence-corrected chi connectivity index (χ4v) is 1.42. The molecule has 0 radical (unpaired) electrons. The molecule has 1 rings (SSSR count). The van der Waals surface area contributed by atoms with Crippen LogP contribution in [0.25, 0.3) is 0 Å². The highest BCUT2D eigenvalue weighted by Gasteiger charge is 2.14. The van der Waals surface area contributed by atoms with Crippen LogP contribution < -0.4 is 0 Å². The van der Waals surface area contributed by atoms with Crippen LogP contribution in [0.5, 0.6) is 0 Å². The van der Waals surface area contributed by atoms with Crippen molar-refractivity contribution in [2.24, 2.45) is 0 Å². The smallest absolute Gasteiger partial charge is 0.306 e. The lowest BCUT2D eigenvalue weighted by molar-refractivity contribution is -0.152. The summed E-state index contributed by atoms with van der Waals surface area (Å²) in [7, 11) is 0. The standard InChI is InChI=1S/C6H12O3.C6H10O2/c1-5(7)3-2-4-6(8)9;1-5-3-2-4-6(7)8-5/h5,7H,2-4H2,1H3,(H,8,9);5H,2-4H2,1H3. The second-order valence-electron chi connectivity index (χ2n) is 4.33. The molecule has 2 N–H and O–H groups in total. The van der Waals surface area contributed by atoms with Gasteiger partial charge in [-0.25, -0.2) is 0 Å². The van der Waals surface area contributed by atoms with E-state index in [0.717, 1.165) is 12.8 Å². The molecule has 0 saturated carbocycles. The number of aliphatic hydroxyl groups is 1. The maximum absolute atomic E-state index is 10.5. The molecule has 1 saturated heterocycles. The summed E-state index contributed by atoms with van der Waals surface area (Å²) in [6, 6.07) is 0. The van der Waals surface area contributed by atoms with Crippen molar-refractivity contribution in [3.8, 4) is 0 Å². The van der Waals surface area contributed by atoms with Crippen LogP contribution in [0.1, 0.15) is 52.4 Å². The zero-order valence-corrected chi connectivity index (χ0v) is 10.5. The average Bonchev–Trinajstić information content (AvgIpc) is 2.16. The minimum atomic E-state index is -0.796. The zero-order valence-electron chi connectivity index (χ0n) is 10.5. The van der Waals surface area contributed by atoms with Gasteiger partial charge in [0, 0.05) is 12.8 Å². The molecule has 17 heavy (non-hydrogen) atoms. The van der Waals surface area contributed by atoms with E-state index in [1.54, 1.807) is 6.92 Å². The molecule has 2 atom stereocenters. The highest BCUT2D eigenvalue weighted by Crippen LogP contribution is 2.12. The molecule has 0 bridgehead atoms. The SMILES string of the molecule is CC(O)CCCC(=O)O.CC1CCCC(=O)O1. The Morgan fingerprint density at radius 3 is 2.59 bits per heavy atom. The highest BCUT2D eigenvalue weighted by molar-refractivity contribution is 5.70. The summed E-state index contributed by atoms with van der Waals surface area (Å²) in [5, 5.41) is 16.8. The lowest BCUT2D eigenvalue weighted by Gasteiger charge is -2.17. The lowest BCUT2D eigenvalue weighted by Crippen LogP contribution is -2.19. The van der Waals surface area contributed by atoms with E-state index in [1.165, 1.54) is 0 Å². The van der Waals surface area contributed by atoms with Gasteiger partial charge in [-0.15, -0.1) is 0 Å². The fraction of sp³-hybridized carbons (Fsp3) is 0.833. The highest BCUT2D eigenvalue weighted by atomic mass is 16.5. The summed E-state index contributed by atoms with van der Waals surface area (Å²) < 4.78 is 4.85. The first kappa shape index (κ1) is 15.9. The summed E-state index contributed by atoms with van der Waals surface area (Å²) in [4.78, 5) is 20.4. The average molecular weight is 246 g/mol. The molecule has 0 aliphatic carbocycles. The minimum Gasteiger partial charge on any atom is -0.481 e. The minimum absolute atomic E-state index is 0.0382. The summed E-state index contributed by atoms with van der Waals surface area (Å²) in [5.74, 6) is -0.834. The van der Waals surface area contributed by atoms with Gasteiger partial charge < -0.3 is 14.9 Å². The van der Waals surface area contributed by atoms with Crippen LogP contribution in [-0.4, -0.2) is 34.4 Å². The molecule has 0 aromatic rings. The first-order chi connectivity index (χ1) is 7.91. The van der Waals surface area contributed by atoms with Gasteiger partial charge in [0.2, 0.25) is 0 Å². The van der Waals surface area contributed by atoms with Gasteiger partial charge in [-0.3, -0.25) is 9.59 Å². The molecular weight excluding hydrogens is 224 g/mol. The van der Waals surface area contributed by atoms with Crippen LogP contribution in [0.2, 0.25) is 0 Å². The first-order valence-corrected chi connectivity index (χ1v) is 6.01. The number of carbonyl (C=O) groups excluding carboxylic acids is 1. The molecule has 5 nitrogen and oxygen atoms in total. The number of carbonyl (C=O) groups is 2. The second kappa shape index (κ2) is 8.98. The number of carboxylic acids is 1. The molecule has 1 aliphatic rings. The normalized spacial score (nSPS) is 20.9. The summed E-state index contributed by atoms with van der Waals surface area (Å²) in [6.45, 7) is 3.58. The quantitative estimate of drug-likeness (QED) is 0.738. The van der Waals surface area contributed by atoms with Crippen molar-refractivity contribution in [3.05, 3.63) is 0 Å². The van der Waals surface area contributed by atoms with E-state index in [4.69, 9.17) is 14.9 Å². The predicted octanol–water partition coefficient (Wildman–Crippen LogP) is 1.72. The van der Waals surface area contributed by atoms with E-state index >= 15 is 0 Å². The molecule has 1 aliphatic heterocycles. The Kier molecular flexibility index (Phi) is 8.40. The van der Waals surface area contributed by atoms with Crippen molar-refractivity contribution in [1.82, 2.24) is 0 Å². The fourth-order valence-electron chi connectivity index (χ4n) is 1.42. The molecule has 2 unspecified atom stereocenters. The van der Waals surface area contributed by atoms with Gasteiger partial charge in [-0.1, -0.05) is 0 Å². The van der Waals surface area contributed by atoms with Crippen LogP contribution in [-0.2, 0) is 14.3 Å². The number of carboxylic acid groups (broad SMARTS) is 1. The molecule has 0 aromatic heterocycles. The van der Waals surface area contributed by atoms with Gasteiger partial charge in [0.05, 0.1) is 12.2 Å². The second-order valence-corrected chi connectivity index (χ2v) is 4.33. The van der Waals surface area contributed by atoms with E-state index in [0.29, 0.717) is 19.3 Å². The van der Waals surface area contributed by atoms with Gasteiger partial charge in [-0.05, 0) is 39.5 Å². The summed E-state index contributed by atoms with van der Waals surface area (Å²) in [6.07, 6.45) is 3.74. The third-order valence-corrected chi connectivity index (χ3v) is 2.34.